The Kier molecular flexibility index (Phi) is 4.20. The van der Waals surface area contributed by atoms with Crippen LogP contribution in [0.4, 0.5) is 5.82 Å². The van der Waals surface area contributed by atoms with Crippen LogP contribution < -0.4 is 11.1 Å². The molecule has 1 aromatic heterocycles. The fourth-order valence-electron chi connectivity index (χ4n) is 2.28. The van der Waals surface area contributed by atoms with Crippen molar-refractivity contribution in [2.24, 2.45) is 5.92 Å². The second kappa shape index (κ2) is 5.67. The van der Waals surface area contributed by atoms with Crippen molar-refractivity contribution in [3.8, 4) is 0 Å². The number of hydrogen-bond donors (Lipinski definition) is 2. The predicted octanol–water partition coefficient (Wildman–Crippen LogP) is 2.00. The SMILES string of the molecule is CCNC(c1cc(Cl)cnc1N)C1CCOC1. The van der Waals surface area contributed by atoms with E-state index in [-0.39, 0.29) is 6.04 Å². The zero-order valence-corrected chi connectivity index (χ0v) is 10.7. The highest BCUT2D eigenvalue weighted by atomic mass is 35.5. The summed E-state index contributed by atoms with van der Waals surface area (Å²) in [6, 6.07) is 2.07. The van der Waals surface area contributed by atoms with Crippen molar-refractivity contribution >= 4 is 17.4 Å². The number of nitrogens with zero attached hydrogens (tertiary/aromatic N) is 1. The Morgan fingerprint density at radius 2 is 2.53 bits per heavy atom. The molecule has 0 spiro atoms. The molecule has 2 rings (SSSR count). The van der Waals surface area contributed by atoms with Gasteiger partial charge in [-0.25, -0.2) is 4.98 Å². The van der Waals surface area contributed by atoms with Crippen LogP contribution in [-0.4, -0.2) is 24.7 Å². The average Bonchev–Trinajstić information content (AvgIpc) is 2.83. The molecule has 1 aromatic rings. The van der Waals surface area contributed by atoms with Crippen LogP contribution in [0.15, 0.2) is 12.3 Å². The highest BCUT2D eigenvalue weighted by Gasteiger charge is 2.28. The van der Waals surface area contributed by atoms with E-state index in [4.69, 9.17) is 22.1 Å². The van der Waals surface area contributed by atoms with Crippen LogP contribution in [0.2, 0.25) is 5.02 Å². The second-order valence-corrected chi connectivity index (χ2v) is 4.72. The summed E-state index contributed by atoms with van der Waals surface area (Å²) in [7, 11) is 0. The van der Waals surface area contributed by atoms with Gasteiger partial charge in [-0.2, -0.15) is 0 Å². The van der Waals surface area contributed by atoms with Gasteiger partial charge in [0.15, 0.2) is 0 Å². The number of aromatic nitrogens is 1. The molecule has 0 saturated carbocycles. The van der Waals surface area contributed by atoms with Crippen LogP contribution in [0, 0.1) is 5.92 Å². The van der Waals surface area contributed by atoms with E-state index in [0.717, 1.165) is 31.7 Å². The molecule has 1 saturated heterocycles. The van der Waals surface area contributed by atoms with Gasteiger partial charge in [0.05, 0.1) is 11.6 Å². The lowest BCUT2D eigenvalue weighted by Crippen LogP contribution is -2.29. The van der Waals surface area contributed by atoms with Gasteiger partial charge < -0.3 is 15.8 Å². The van der Waals surface area contributed by atoms with Crippen molar-refractivity contribution in [3.05, 3.63) is 22.8 Å². The van der Waals surface area contributed by atoms with Crippen LogP contribution in [0.25, 0.3) is 0 Å². The molecule has 0 aromatic carbocycles. The summed E-state index contributed by atoms with van der Waals surface area (Å²) in [4.78, 5) is 4.12. The summed E-state index contributed by atoms with van der Waals surface area (Å²) < 4.78 is 5.44. The number of nitrogen functional groups attached to an aromatic ring is 1. The van der Waals surface area contributed by atoms with Gasteiger partial charge in [0.25, 0.3) is 0 Å². The van der Waals surface area contributed by atoms with Gasteiger partial charge in [0.1, 0.15) is 5.82 Å². The molecule has 1 fully saturated rings. The van der Waals surface area contributed by atoms with Crippen LogP contribution >= 0.6 is 11.6 Å². The molecular weight excluding hydrogens is 238 g/mol. The van der Waals surface area contributed by atoms with Crippen molar-refractivity contribution in [1.82, 2.24) is 10.3 Å². The minimum atomic E-state index is 0.175. The lowest BCUT2D eigenvalue weighted by Gasteiger charge is -2.24. The molecule has 1 aliphatic heterocycles. The lowest BCUT2D eigenvalue weighted by atomic mass is 9.92. The molecular formula is C12H18ClN3O. The Morgan fingerprint density at radius 3 is 3.18 bits per heavy atom. The fraction of sp³-hybridized carbons (Fsp3) is 0.583. The second-order valence-electron chi connectivity index (χ2n) is 4.29. The average molecular weight is 256 g/mol. The molecule has 0 aliphatic carbocycles. The molecule has 3 N–H and O–H groups in total. The minimum absolute atomic E-state index is 0.175. The third kappa shape index (κ3) is 2.89. The third-order valence-corrected chi connectivity index (χ3v) is 3.32. The fourth-order valence-corrected chi connectivity index (χ4v) is 2.45. The van der Waals surface area contributed by atoms with E-state index in [0.29, 0.717) is 16.8 Å². The van der Waals surface area contributed by atoms with Gasteiger partial charge in [-0.05, 0) is 19.0 Å². The number of hydrogen-bond acceptors (Lipinski definition) is 4. The van der Waals surface area contributed by atoms with E-state index < -0.39 is 0 Å². The van der Waals surface area contributed by atoms with E-state index in [1.807, 2.05) is 6.07 Å². The Balaban J connectivity index is 2.27. The predicted molar refractivity (Wildman–Crippen MR) is 69.0 cm³/mol. The van der Waals surface area contributed by atoms with Gasteiger partial charge in [-0.3, -0.25) is 0 Å². The largest absolute Gasteiger partial charge is 0.383 e. The van der Waals surface area contributed by atoms with E-state index in [2.05, 4.69) is 17.2 Å². The molecule has 0 amide bonds. The molecule has 2 atom stereocenters. The van der Waals surface area contributed by atoms with Crippen molar-refractivity contribution in [1.29, 1.82) is 0 Å². The minimum Gasteiger partial charge on any atom is -0.383 e. The van der Waals surface area contributed by atoms with E-state index in [1.54, 1.807) is 6.20 Å². The zero-order valence-electron chi connectivity index (χ0n) is 9.95. The van der Waals surface area contributed by atoms with E-state index in [1.165, 1.54) is 0 Å². The first-order valence-electron chi connectivity index (χ1n) is 5.94. The maximum atomic E-state index is 5.99. The van der Waals surface area contributed by atoms with Crippen LogP contribution in [0.3, 0.4) is 0 Å². The normalized spacial score (nSPS) is 21.6. The van der Waals surface area contributed by atoms with Crippen molar-refractivity contribution in [3.63, 3.8) is 0 Å². The summed E-state index contributed by atoms with van der Waals surface area (Å²) in [6.45, 7) is 4.55. The Labute approximate surface area is 107 Å². The number of pyridine rings is 1. The van der Waals surface area contributed by atoms with Gasteiger partial charge in [-0.1, -0.05) is 18.5 Å². The molecule has 0 radical (unpaired) electrons. The number of nitrogens with one attached hydrogen (secondary N) is 1. The first kappa shape index (κ1) is 12.6. The van der Waals surface area contributed by atoms with E-state index >= 15 is 0 Å². The molecule has 17 heavy (non-hydrogen) atoms. The monoisotopic (exact) mass is 255 g/mol. The topological polar surface area (TPSA) is 60.2 Å². The molecule has 94 valence electrons. The van der Waals surface area contributed by atoms with Crippen LogP contribution in [0.1, 0.15) is 24.9 Å². The maximum Gasteiger partial charge on any atom is 0.128 e. The van der Waals surface area contributed by atoms with Crippen LogP contribution in [-0.2, 0) is 4.74 Å². The van der Waals surface area contributed by atoms with E-state index in [9.17, 15) is 0 Å². The number of rotatable bonds is 4. The Bertz CT molecular complexity index is 380. The lowest BCUT2D eigenvalue weighted by molar-refractivity contribution is 0.177. The van der Waals surface area contributed by atoms with Crippen molar-refractivity contribution < 1.29 is 4.74 Å². The number of nitrogens with two attached hydrogens (primary N) is 1. The number of halogens is 1. The first-order chi connectivity index (χ1) is 8.22. The molecule has 1 aliphatic rings. The summed E-state index contributed by atoms with van der Waals surface area (Å²) in [5, 5.41) is 4.07. The summed E-state index contributed by atoms with van der Waals surface area (Å²) in [5.74, 6) is 0.991. The smallest absolute Gasteiger partial charge is 0.128 e. The van der Waals surface area contributed by atoms with Gasteiger partial charge in [0.2, 0.25) is 0 Å². The summed E-state index contributed by atoms with van der Waals surface area (Å²) >= 11 is 5.99. The molecule has 2 heterocycles. The molecule has 0 bridgehead atoms. The summed E-state index contributed by atoms with van der Waals surface area (Å²) in [5.41, 5.74) is 6.92. The van der Waals surface area contributed by atoms with Gasteiger partial charge in [0, 0.05) is 30.3 Å². The molecule has 2 unspecified atom stereocenters. The van der Waals surface area contributed by atoms with Crippen molar-refractivity contribution in [2.45, 2.75) is 19.4 Å². The number of ether oxygens (including phenoxy) is 1. The number of anilines is 1. The van der Waals surface area contributed by atoms with Crippen molar-refractivity contribution in [2.75, 3.05) is 25.5 Å². The third-order valence-electron chi connectivity index (χ3n) is 3.11. The van der Waals surface area contributed by atoms with Crippen LogP contribution in [0.5, 0.6) is 0 Å². The highest BCUT2D eigenvalue weighted by Crippen LogP contribution is 2.32. The maximum absolute atomic E-state index is 5.99. The Morgan fingerprint density at radius 1 is 1.71 bits per heavy atom. The Hall–Kier alpha value is -0.840. The zero-order chi connectivity index (χ0) is 12.3. The molecule has 5 heteroatoms. The highest BCUT2D eigenvalue weighted by molar-refractivity contribution is 6.30. The van der Waals surface area contributed by atoms with Gasteiger partial charge >= 0.3 is 0 Å². The first-order valence-corrected chi connectivity index (χ1v) is 6.32. The molecule has 4 nitrogen and oxygen atoms in total. The van der Waals surface area contributed by atoms with Gasteiger partial charge in [-0.15, -0.1) is 0 Å². The quantitative estimate of drug-likeness (QED) is 0.864. The summed E-state index contributed by atoms with van der Waals surface area (Å²) in [6.07, 6.45) is 2.62. The standard InChI is InChI=1S/C12H18ClN3O/c1-2-15-11(8-3-4-17-7-8)10-5-9(13)6-16-12(10)14/h5-6,8,11,15H,2-4,7H2,1H3,(H2,14,16).